The van der Waals surface area contributed by atoms with E-state index in [1.807, 2.05) is 24.5 Å². The topological polar surface area (TPSA) is 75.3 Å². The minimum Gasteiger partial charge on any atom is -0.478 e. The molecule has 2 rings (SSSR count). The molecule has 102 valence electrons. The van der Waals surface area contributed by atoms with Crippen molar-refractivity contribution in [2.75, 3.05) is 6.61 Å². The Balaban J connectivity index is 2.71. The van der Waals surface area contributed by atoms with Gasteiger partial charge in [0, 0.05) is 12.6 Å². The monoisotopic (exact) mass is 262 g/mol. The number of nitrogens with zero attached hydrogens (tertiary/aromatic N) is 2. The van der Waals surface area contributed by atoms with E-state index in [-0.39, 0.29) is 18.2 Å². The summed E-state index contributed by atoms with van der Waals surface area (Å²) in [6.07, 6.45) is 1.41. The average Bonchev–Trinajstić information content (AvgIpc) is 2.71. The minimum atomic E-state index is -0.953. The van der Waals surface area contributed by atoms with Crippen molar-refractivity contribution in [1.82, 2.24) is 9.55 Å². The highest BCUT2D eigenvalue weighted by Gasteiger charge is 2.20. The van der Waals surface area contributed by atoms with E-state index in [0.717, 1.165) is 12.2 Å². The number of benzene rings is 1. The Labute approximate surface area is 111 Å². The predicted molar refractivity (Wildman–Crippen MR) is 72.5 cm³/mol. The molecule has 1 atom stereocenters. The van der Waals surface area contributed by atoms with E-state index in [9.17, 15) is 9.90 Å². The van der Waals surface area contributed by atoms with Gasteiger partial charge in [-0.15, -0.1) is 0 Å². The Hall–Kier alpha value is -1.88. The molecule has 0 aliphatic rings. The van der Waals surface area contributed by atoms with Gasteiger partial charge in [0.2, 0.25) is 0 Å². The van der Waals surface area contributed by atoms with E-state index < -0.39 is 5.97 Å². The summed E-state index contributed by atoms with van der Waals surface area (Å²) in [5.41, 5.74) is 1.59. The van der Waals surface area contributed by atoms with E-state index in [1.54, 1.807) is 12.1 Å². The Morgan fingerprint density at radius 2 is 2.21 bits per heavy atom. The zero-order valence-electron chi connectivity index (χ0n) is 11.1. The Morgan fingerprint density at radius 3 is 2.79 bits per heavy atom. The van der Waals surface area contributed by atoms with Gasteiger partial charge in [-0.3, -0.25) is 0 Å². The standard InChI is InChI=1S/C14H18N2O3/c1-3-10(7-8-17)16-9(2)15-12-6-4-5-11(13(12)16)14(18)19/h4-6,10,17H,3,7-8H2,1-2H3,(H,18,19). The lowest BCUT2D eigenvalue weighted by Gasteiger charge is -2.19. The van der Waals surface area contributed by atoms with Crippen LogP contribution in [-0.4, -0.2) is 32.3 Å². The van der Waals surface area contributed by atoms with Gasteiger partial charge in [0.05, 0.1) is 16.6 Å². The van der Waals surface area contributed by atoms with Crippen LogP contribution in [-0.2, 0) is 0 Å². The molecule has 0 aliphatic carbocycles. The second-order valence-electron chi connectivity index (χ2n) is 4.58. The summed E-state index contributed by atoms with van der Waals surface area (Å²) < 4.78 is 1.94. The Bertz CT molecular complexity index is 604. The van der Waals surface area contributed by atoms with Crippen LogP contribution >= 0.6 is 0 Å². The molecule has 2 N–H and O–H groups in total. The highest BCUT2D eigenvalue weighted by atomic mass is 16.4. The molecule has 19 heavy (non-hydrogen) atoms. The lowest BCUT2D eigenvalue weighted by atomic mass is 10.1. The first-order chi connectivity index (χ1) is 9.10. The summed E-state index contributed by atoms with van der Waals surface area (Å²) in [5, 5.41) is 18.5. The van der Waals surface area contributed by atoms with Gasteiger partial charge in [0.15, 0.2) is 0 Å². The summed E-state index contributed by atoms with van der Waals surface area (Å²) in [4.78, 5) is 15.8. The summed E-state index contributed by atoms with van der Waals surface area (Å²) in [6.45, 7) is 3.97. The van der Waals surface area contributed by atoms with Crippen LogP contribution in [0.5, 0.6) is 0 Å². The SMILES string of the molecule is CCC(CCO)n1c(C)nc2cccc(C(=O)O)c21. The minimum absolute atomic E-state index is 0.0653. The van der Waals surface area contributed by atoms with Crippen LogP contribution < -0.4 is 0 Å². The number of aliphatic hydroxyl groups excluding tert-OH is 1. The number of imidazole rings is 1. The quantitative estimate of drug-likeness (QED) is 0.867. The second-order valence-corrected chi connectivity index (χ2v) is 4.58. The van der Waals surface area contributed by atoms with Gasteiger partial charge in [-0.25, -0.2) is 9.78 Å². The fourth-order valence-electron chi connectivity index (χ4n) is 2.55. The Kier molecular flexibility index (Phi) is 3.85. The molecule has 2 aromatic rings. The van der Waals surface area contributed by atoms with Gasteiger partial charge in [-0.2, -0.15) is 0 Å². The summed E-state index contributed by atoms with van der Waals surface area (Å²) in [5.74, 6) is -0.172. The summed E-state index contributed by atoms with van der Waals surface area (Å²) in [7, 11) is 0. The van der Waals surface area contributed by atoms with Crippen LogP contribution in [0.2, 0.25) is 0 Å². The van der Waals surface area contributed by atoms with Crippen molar-refractivity contribution in [2.45, 2.75) is 32.7 Å². The van der Waals surface area contributed by atoms with Crippen LogP contribution in [0, 0.1) is 6.92 Å². The number of hydrogen-bond acceptors (Lipinski definition) is 3. The van der Waals surface area contributed by atoms with Gasteiger partial charge < -0.3 is 14.8 Å². The maximum atomic E-state index is 11.4. The molecular formula is C14H18N2O3. The van der Waals surface area contributed by atoms with Crippen LogP contribution in [0.15, 0.2) is 18.2 Å². The highest BCUT2D eigenvalue weighted by Crippen LogP contribution is 2.27. The number of aromatic nitrogens is 2. The molecule has 0 radical (unpaired) electrons. The molecule has 0 fully saturated rings. The van der Waals surface area contributed by atoms with Crippen molar-refractivity contribution >= 4 is 17.0 Å². The van der Waals surface area contributed by atoms with E-state index in [2.05, 4.69) is 4.98 Å². The van der Waals surface area contributed by atoms with Crippen LogP contribution in [0.4, 0.5) is 0 Å². The van der Waals surface area contributed by atoms with Gasteiger partial charge in [-0.1, -0.05) is 13.0 Å². The third kappa shape index (κ3) is 2.33. The third-order valence-corrected chi connectivity index (χ3v) is 3.42. The number of para-hydroxylation sites is 1. The largest absolute Gasteiger partial charge is 0.478 e. The molecule has 5 nitrogen and oxygen atoms in total. The smallest absolute Gasteiger partial charge is 0.337 e. The number of rotatable bonds is 5. The van der Waals surface area contributed by atoms with Crippen LogP contribution in [0.3, 0.4) is 0 Å². The van der Waals surface area contributed by atoms with Gasteiger partial charge >= 0.3 is 5.97 Å². The highest BCUT2D eigenvalue weighted by molar-refractivity contribution is 6.01. The molecule has 0 bridgehead atoms. The molecule has 1 aromatic heterocycles. The maximum absolute atomic E-state index is 11.4. The molecule has 0 aliphatic heterocycles. The number of hydrogen-bond donors (Lipinski definition) is 2. The molecular weight excluding hydrogens is 244 g/mol. The average molecular weight is 262 g/mol. The molecule has 1 aromatic carbocycles. The summed E-state index contributed by atoms with van der Waals surface area (Å²) >= 11 is 0. The maximum Gasteiger partial charge on any atom is 0.337 e. The van der Waals surface area contributed by atoms with E-state index >= 15 is 0 Å². The first-order valence-corrected chi connectivity index (χ1v) is 6.41. The zero-order valence-corrected chi connectivity index (χ0v) is 11.1. The molecule has 0 amide bonds. The van der Waals surface area contributed by atoms with E-state index in [1.165, 1.54) is 0 Å². The van der Waals surface area contributed by atoms with Crippen molar-refractivity contribution in [3.8, 4) is 0 Å². The predicted octanol–water partition coefficient (Wildman–Crippen LogP) is 2.38. The van der Waals surface area contributed by atoms with Crippen molar-refractivity contribution in [3.63, 3.8) is 0 Å². The molecule has 0 spiro atoms. The lowest BCUT2D eigenvalue weighted by Crippen LogP contribution is -2.13. The van der Waals surface area contributed by atoms with Crippen molar-refractivity contribution in [3.05, 3.63) is 29.6 Å². The van der Waals surface area contributed by atoms with E-state index in [4.69, 9.17) is 5.11 Å². The number of carbonyl (C=O) groups is 1. The van der Waals surface area contributed by atoms with Crippen LogP contribution in [0.25, 0.3) is 11.0 Å². The summed E-state index contributed by atoms with van der Waals surface area (Å²) in [6, 6.07) is 5.18. The number of carboxylic acids is 1. The van der Waals surface area contributed by atoms with Crippen molar-refractivity contribution < 1.29 is 15.0 Å². The molecule has 0 saturated carbocycles. The number of fused-ring (bicyclic) bond motifs is 1. The number of aryl methyl sites for hydroxylation is 1. The molecule has 0 saturated heterocycles. The number of aliphatic hydroxyl groups is 1. The lowest BCUT2D eigenvalue weighted by molar-refractivity contribution is 0.0698. The fourth-order valence-corrected chi connectivity index (χ4v) is 2.55. The molecule has 1 heterocycles. The van der Waals surface area contributed by atoms with E-state index in [0.29, 0.717) is 17.5 Å². The third-order valence-electron chi connectivity index (χ3n) is 3.42. The number of carboxylic acid groups (broad SMARTS) is 1. The number of aromatic carboxylic acids is 1. The zero-order chi connectivity index (χ0) is 14.0. The fraction of sp³-hybridized carbons (Fsp3) is 0.429. The van der Waals surface area contributed by atoms with Gasteiger partial charge in [-0.05, 0) is 31.9 Å². The first kappa shape index (κ1) is 13.5. The second kappa shape index (κ2) is 5.40. The Morgan fingerprint density at radius 1 is 1.47 bits per heavy atom. The molecule has 1 unspecified atom stereocenters. The van der Waals surface area contributed by atoms with Gasteiger partial charge in [0.25, 0.3) is 0 Å². The van der Waals surface area contributed by atoms with Gasteiger partial charge in [0.1, 0.15) is 5.82 Å². The molecule has 5 heteroatoms. The normalized spacial score (nSPS) is 12.8. The first-order valence-electron chi connectivity index (χ1n) is 6.41. The van der Waals surface area contributed by atoms with Crippen molar-refractivity contribution in [2.24, 2.45) is 0 Å². The van der Waals surface area contributed by atoms with Crippen molar-refractivity contribution in [1.29, 1.82) is 0 Å². The van der Waals surface area contributed by atoms with Crippen LogP contribution in [0.1, 0.15) is 42.0 Å².